The molecule has 1 amide bonds. The third-order valence-electron chi connectivity index (χ3n) is 2.36. The number of rotatable bonds is 5. The van der Waals surface area contributed by atoms with Gasteiger partial charge in [-0.15, -0.1) is 0 Å². The van der Waals surface area contributed by atoms with Crippen LogP contribution in [0.5, 0.6) is 0 Å². The van der Waals surface area contributed by atoms with Crippen molar-refractivity contribution in [2.75, 3.05) is 0 Å². The van der Waals surface area contributed by atoms with E-state index in [4.69, 9.17) is 4.74 Å². The molecule has 0 aliphatic carbocycles. The molecule has 4 nitrogen and oxygen atoms in total. The van der Waals surface area contributed by atoms with Gasteiger partial charge < -0.3 is 10.1 Å². The molecule has 2 unspecified atom stereocenters. The first kappa shape index (κ1) is 16.7. The van der Waals surface area contributed by atoms with Gasteiger partial charge in [-0.2, -0.15) is 13.2 Å². The predicted molar refractivity (Wildman–Crippen MR) is 58.7 cm³/mol. The number of carbonyl (C=O) groups is 2. The van der Waals surface area contributed by atoms with Crippen LogP contribution in [0, 0.1) is 5.92 Å². The molecule has 0 aromatic carbocycles. The number of ether oxygens (including phenoxy) is 1. The summed E-state index contributed by atoms with van der Waals surface area (Å²) in [5.74, 6) is -3.48. The zero-order valence-corrected chi connectivity index (χ0v) is 10.8. The summed E-state index contributed by atoms with van der Waals surface area (Å²) < 4.78 is 41.2. The Kier molecular flexibility index (Phi) is 6.14. The summed E-state index contributed by atoms with van der Waals surface area (Å²) in [5, 5.41) is 1.65. The fourth-order valence-corrected chi connectivity index (χ4v) is 1.08. The maximum atomic E-state index is 12.1. The smallest absolute Gasteiger partial charge is 0.461 e. The van der Waals surface area contributed by atoms with E-state index in [-0.39, 0.29) is 0 Å². The molecule has 0 aliphatic heterocycles. The number of hydrogen-bond acceptors (Lipinski definition) is 3. The molecule has 0 fully saturated rings. The van der Waals surface area contributed by atoms with E-state index in [0.29, 0.717) is 6.42 Å². The molecule has 7 heteroatoms. The maximum absolute atomic E-state index is 12.1. The average molecular weight is 269 g/mol. The van der Waals surface area contributed by atoms with Crippen LogP contribution in [0.15, 0.2) is 0 Å². The van der Waals surface area contributed by atoms with Crippen molar-refractivity contribution >= 4 is 11.9 Å². The first-order chi connectivity index (χ1) is 8.09. The second kappa shape index (κ2) is 6.61. The number of carbonyl (C=O) groups excluding carboxylic acids is 2. The van der Waals surface area contributed by atoms with Crippen LogP contribution in [0.4, 0.5) is 13.2 Å². The highest BCUT2D eigenvalue weighted by Gasteiger charge is 2.41. The predicted octanol–water partition coefficient (Wildman–Crippen LogP) is 2.03. The van der Waals surface area contributed by atoms with E-state index in [9.17, 15) is 22.8 Å². The summed E-state index contributed by atoms with van der Waals surface area (Å²) in [5.41, 5.74) is 0. The van der Waals surface area contributed by atoms with Crippen LogP contribution < -0.4 is 5.32 Å². The lowest BCUT2D eigenvalue weighted by Crippen LogP contribution is -2.50. The van der Waals surface area contributed by atoms with Crippen molar-refractivity contribution in [3.8, 4) is 0 Å². The Balaban J connectivity index is 4.68. The van der Waals surface area contributed by atoms with Crippen molar-refractivity contribution in [2.24, 2.45) is 5.92 Å². The van der Waals surface area contributed by atoms with Crippen LogP contribution in [-0.4, -0.2) is 30.2 Å². The fourth-order valence-electron chi connectivity index (χ4n) is 1.08. The number of halogens is 3. The first-order valence-corrected chi connectivity index (χ1v) is 5.67. The van der Waals surface area contributed by atoms with Crippen LogP contribution >= 0.6 is 0 Å². The van der Waals surface area contributed by atoms with Gasteiger partial charge in [0.2, 0.25) is 0 Å². The van der Waals surface area contributed by atoms with Crippen molar-refractivity contribution in [3.05, 3.63) is 0 Å². The lowest BCUT2D eigenvalue weighted by molar-refractivity contribution is -0.177. The number of alkyl halides is 3. The molecule has 0 bridgehead atoms. The van der Waals surface area contributed by atoms with Gasteiger partial charge >= 0.3 is 18.1 Å². The largest absolute Gasteiger partial charge is 0.471 e. The molecule has 18 heavy (non-hydrogen) atoms. The van der Waals surface area contributed by atoms with Gasteiger partial charge in [0, 0.05) is 0 Å². The van der Waals surface area contributed by atoms with Crippen molar-refractivity contribution in [1.82, 2.24) is 5.32 Å². The fraction of sp³-hybridized carbons (Fsp3) is 0.818. The minimum atomic E-state index is -5.01. The Morgan fingerprint density at radius 3 is 2.06 bits per heavy atom. The quantitative estimate of drug-likeness (QED) is 0.777. The van der Waals surface area contributed by atoms with E-state index in [1.807, 2.05) is 0 Å². The molecule has 1 N–H and O–H groups in total. The standard InChI is InChI=1S/C11H18F3NO3/c1-5-7(4)18-9(16)8(6(2)3)15-10(17)11(12,13)14/h6-8H,5H2,1-4H3,(H,15,17). The lowest BCUT2D eigenvalue weighted by Gasteiger charge is -2.23. The van der Waals surface area contributed by atoms with Crippen LogP contribution in [0.3, 0.4) is 0 Å². The number of hydrogen-bond donors (Lipinski definition) is 1. The Hall–Kier alpha value is -1.27. The maximum Gasteiger partial charge on any atom is 0.471 e. The summed E-state index contributed by atoms with van der Waals surface area (Å²) in [7, 11) is 0. The van der Waals surface area contributed by atoms with Gasteiger partial charge in [-0.25, -0.2) is 4.79 Å². The SMILES string of the molecule is CCC(C)OC(=O)C(NC(=O)C(F)(F)F)C(C)C. The molecule has 0 aromatic heterocycles. The minimum absolute atomic E-state index is 0.401. The Morgan fingerprint density at radius 1 is 1.22 bits per heavy atom. The van der Waals surface area contributed by atoms with E-state index in [0.717, 1.165) is 0 Å². The van der Waals surface area contributed by atoms with E-state index in [1.54, 1.807) is 19.2 Å². The van der Waals surface area contributed by atoms with Gasteiger partial charge in [-0.1, -0.05) is 20.8 Å². The van der Waals surface area contributed by atoms with Gasteiger partial charge in [-0.05, 0) is 19.3 Å². The minimum Gasteiger partial charge on any atom is -0.461 e. The molecule has 0 aliphatic rings. The molecular weight excluding hydrogens is 251 g/mol. The monoisotopic (exact) mass is 269 g/mol. The molecule has 0 aromatic rings. The molecule has 0 saturated heterocycles. The molecule has 0 spiro atoms. The summed E-state index contributed by atoms with van der Waals surface area (Å²) in [6, 6.07) is -1.30. The van der Waals surface area contributed by atoms with Crippen LogP contribution in [0.2, 0.25) is 0 Å². The summed E-state index contributed by atoms with van der Waals surface area (Å²) in [6.45, 7) is 6.45. The third-order valence-corrected chi connectivity index (χ3v) is 2.36. The van der Waals surface area contributed by atoms with Crippen molar-refractivity contribution in [1.29, 1.82) is 0 Å². The van der Waals surface area contributed by atoms with Gasteiger partial charge in [0.1, 0.15) is 6.04 Å². The van der Waals surface area contributed by atoms with Crippen LogP contribution in [-0.2, 0) is 14.3 Å². The zero-order valence-electron chi connectivity index (χ0n) is 10.8. The van der Waals surface area contributed by atoms with E-state index < -0.39 is 36.1 Å². The summed E-state index contributed by atoms with van der Waals surface area (Å²) >= 11 is 0. The Labute approximate surface area is 104 Å². The molecule has 0 heterocycles. The molecule has 0 rings (SSSR count). The topological polar surface area (TPSA) is 55.4 Å². The zero-order chi connectivity index (χ0) is 14.5. The van der Waals surface area contributed by atoms with Gasteiger partial charge in [-0.3, -0.25) is 4.79 Å². The molecule has 2 atom stereocenters. The van der Waals surface area contributed by atoms with Crippen molar-refractivity contribution in [2.45, 2.75) is 52.4 Å². The normalized spacial score (nSPS) is 15.1. The Bertz CT molecular complexity index is 302. The third kappa shape index (κ3) is 5.37. The van der Waals surface area contributed by atoms with Gasteiger partial charge in [0.25, 0.3) is 0 Å². The number of nitrogens with one attached hydrogen (secondary N) is 1. The van der Waals surface area contributed by atoms with Crippen LogP contribution in [0.1, 0.15) is 34.1 Å². The number of esters is 1. The second-order valence-corrected chi connectivity index (χ2v) is 4.35. The average Bonchev–Trinajstić information content (AvgIpc) is 2.22. The van der Waals surface area contributed by atoms with Gasteiger partial charge in [0.15, 0.2) is 0 Å². The van der Waals surface area contributed by atoms with Crippen molar-refractivity contribution < 1.29 is 27.5 Å². The first-order valence-electron chi connectivity index (χ1n) is 5.67. The molecule has 0 saturated carbocycles. The summed E-state index contributed by atoms with van der Waals surface area (Å²) in [6.07, 6.45) is -4.87. The van der Waals surface area contributed by atoms with E-state index in [1.165, 1.54) is 13.8 Å². The summed E-state index contributed by atoms with van der Waals surface area (Å²) in [4.78, 5) is 22.4. The second-order valence-electron chi connectivity index (χ2n) is 4.35. The van der Waals surface area contributed by atoms with E-state index in [2.05, 4.69) is 0 Å². The Morgan fingerprint density at radius 2 is 1.72 bits per heavy atom. The van der Waals surface area contributed by atoms with Crippen molar-refractivity contribution in [3.63, 3.8) is 0 Å². The highest BCUT2D eigenvalue weighted by Crippen LogP contribution is 2.16. The van der Waals surface area contributed by atoms with E-state index >= 15 is 0 Å². The molecule has 0 radical (unpaired) electrons. The highest BCUT2D eigenvalue weighted by molar-refractivity contribution is 5.87. The van der Waals surface area contributed by atoms with Gasteiger partial charge in [0.05, 0.1) is 6.10 Å². The highest BCUT2D eigenvalue weighted by atomic mass is 19.4. The number of amides is 1. The van der Waals surface area contributed by atoms with Crippen LogP contribution in [0.25, 0.3) is 0 Å². The molecule has 106 valence electrons. The molecular formula is C11H18F3NO3. The lowest BCUT2D eigenvalue weighted by atomic mass is 10.0.